The maximum Gasteiger partial charge on any atom is 0.289 e. The minimum Gasteiger partial charge on any atom is -0.459 e. The summed E-state index contributed by atoms with van der Waals surface area (Å²) in [5, 5.41) is 0. The predicted molar refractivity (Wildman–Crippen MR) is 110 cm³/mol. The normalized spacial score (nSPS) is 19.4. The van der Waals surface area contributed by atoms with Crippen molar-refractivity contribution in [3.05, 3.63) is 59.8 Å². The van der Waals surface area contributed by atoms with Gasteiger partial charge < -0.3 is 14.2 Å². The molecule has 160 valence electrons. The van der Waals surface area contributed by atoms with E-state index in [1.807, 2.05) is 4.90 Å². The molecule has 2 amide bonds. The average Bonchev–Trinajstić information content (AvgIpc) is 3.20. The number of likely N-dealkylation sites (tertiary alicyclic amines) is 1. The van der Waals surface area contributed by atoms with Crippen LogP contribution in [0.2, 0.25) is 0 Å². The van der Waals surface area contributed by atoms with E-state index < -0.39 is 6.04 Å². The molecule has 2 fully saturated rings. The number of furan rings is 1. The molecule has 1 unspecified atom stereocenters. The second-order valence-electron chi connectivity index (χ2n) is 8.00. The Bertz CT molecular complexity index is 847. The molecular weight excluding hydrogens is 385 g/mol. The monoisotopic (exact) mass is 413 g/mol. The summed E-state index contributed by atoms with van der Waals surface area (Å²) in [5.41, 5.74) is 0.830. The molecule has 0 N–H and O–H groups in total. The van der Waals surface area contributed by atoms with Gasteiger partial charge in [-0.05, 0) is 62.2 Å². The lowest BCUT2D eigenvalue weighted by Crippen LogP contribution is -2.46. The third kappa shape index (κ3) is 4.56. The number of hydrogen-bond donors (Lipinski definition) is 0. The molecule has 0 spiro atoms. The molecule has 2 aliphatic rings. The molecule has 1 atom stereocenters. The van der Waals surface area contributed by atoms with Crippen molar-refractivity contribution in [3.8, 4) is 0 Å². The van der Waals surface area contributed by atoms with Gasteiger partial charge in [-0.15, -0.1) is 0 Å². The quantitative estimate of drug-likeness (QED) is 0.772. The Hall–Kier alpha value is -2.67. The number of carbonyl (C=O) groups is 2. The van der Waals surface area contributed by atoms with Gasteiger partial charge in [0.25, 0.3) is 5.91 Å². The predicted octanol–water partition coefficient (Wildman–Crippen LogP) is 3.32. The van der Waals surface area contributed by atoms with Crippen LogP contribution in [-0.2, 0) is 4.79 Å². The lowest BCUT2D eigenvalue weighted by atomic mass is 10.00. The number of rotatable bonds is 4. The van der Waals surface area contributed by atoms with Crippen LogP contribution in [-0.4, -0.2) is 65.8 Å². The molecule has 4 rings (SSSR count). The Morgan fingerprint density at radius 2 is 1.53 bits per heavy atom. The second-order valence-corrected chi connectivity index (χ2v) is 8.00. The molecule has 0 radical (unpaired) electrons. The SMILES string of the molecule is O=C(c1ccco1)N1CCCN(C(=O)C(c2ccc(F)cc2)N2CCCCC2)CC1. The largest absolute Gasteiger partial charge is 0.459 e. The highest BCUT2D eigenvalue weighted by Crippen LogP contribution is 2.27. The van der Waals surface area contributed by atoms with Crippen LogP contribution in [0.25, 0.3) is 0 Å². The Balaban J connectivity index is 1.49. The van der Waals surface area contributed by atoms with Crippen LogP contribution in [0.5, 0.6) is 0 Å². The molecule has 7 heteroatoms. The number of amides is 2. The summed E-state index contributed by atoms with van der Waals surface area (Å²) in [5.74, 6) is -0.0750. The molecule has 30 heavy (non-hydrogen) atoms. The molecule has 1 aromatic heterocycles. The molecule has 0 saturated carbocycles. The number of carbonyl (C=O) groups excluding carboxylic acids is 2. The average molecular weight is 413 g/mol. The highest BCUT2D eigenvalue weighted by molar-refractivity contribution is 5.91. The van der Waals surface area contributed by atoms with Crippen molar-refractivity contribution in [2.45, 2.75) is 31.7 Å². The Morgan fingerprint density at radius 3 is 2.23 bits per heavy atom. The first-order chi connectivity index (χ1) is 14.6. The maximum atomic E-state index is 13.6. The molecule has 2 aromatic rings. The molecule has 0 bridgehead atoms. The second kappa shape index (κ2) is 9.43. The third-order valence-electron chi connectivity index (χ3n) is 6.00. The first-order valence-corrected chi connectivity index (χ1v) is 10.7. The molecule has 1 aromatic carbocycles. The van der Waals surface area contributed by atoms with E-state index in [1.165, 1.54) is 24.8 Å². The highest BCUT2D eigenvalue weighted by Gasteiger charge is 2.33. The van der Waals surface area contributed by atoms with Crippen LogP contribution in [0.1, 0.15) is 47.8 Å². The van der Waals surface area contributed by atoms with Gasteiger partial charge in [0, 0.05) is 26.2 Å². The van der Waals surface area contributed by atoms with Crippen molar-refractivity contribution in [1.82, 2.24) is 14.7 Å². The van der Waals surface area contributed by atoms with Crippen LogP contribution in [0.4, 0.5) is 4.39 Å². The van der Waals surface area contributed by atoms with Gasteiger partial charge in [-0.2, -0.15) is 0 Å². The number of hydrogen-bond acceptors (Lipinski definition) is 4. The van der Waals surface area contributed by atoms with E-state index in [4.69, 9.17) is 4.42 Å². The minimum atomic E-state index is -0.404. The lowest BCUT2D eigenvalue weighted by molar-refractivity contribution is -0.137. The summed E-state index contributed by atoms with van der Waals surface area (Å²) in [6.07, 6.45) is 5.52. The zero-order chi connectivity index (χ0) is 20.9. The molecule has 3 heterocycles. The number of nitrogens with zero attached hydrogens (tertiary/aromatic N) is 3. The van der Waals surface area contributed by atoms with Gasteiger partial charge >= 0.3 is 0 Å². The summed E-state index contributed by atoms with van der Waals surface area (Å²) in [6, 6.07) is 9.24. The maximum absolute atomic E-state index is 13.6. The number of halogens is 1. The van der Waals surface area contributed by atoms with Gasteiger partial charge in [0.05, 0.1) is 6.26 Å². The topological polar surface area (TPSA) is 57.0 Å². The van der Waals surface area contributed by atoms with Crippen LogP contribution < -0.4 is 0 Å². The Morgan fingerprint density at radius 1 is 0.833 bits per heavy atom. The fourth-order valence-electron chi connectivity index (χ4n) is 4.40. The first kappa shape index (κ1) is 20.6. The van der Waals surface area contributed by atoms with E-state index >= 15 is 0 Å². The Labute approximate surface area is 176 Å². The van der Waals surface area contributed by atoms with Gasteiger partial charge in [-0.25, -0.2) is 4.39 Å². The van der Waals surface area contributed by atoms with Gasteiger partial charge in [0.1, 0.15) is 11.9 Å². The fraction of sp³-hybridized carbons (Fsp3) is 0.478. The van der Waals surface area contributed by atoms with Crippen molar-refractivity contribution in [2.24, 2.45) is 0 Å². The van der Waals surface area contributed by atoms with Crippen molar-refractivity contribution >= 4 is 11.8 Å². The van der Waals surface area contributed by atoms with Crippen molar-refractivity contribution < 1.29 is 18.4 Å². The summed E-state index contributed by atoms with van der Waals surface area (Å²) in [6.45, 7) is 3.88. The smallest absolute Gasteiger partial charge is 0.289 e. The molecule has 0 aliphatic carbocycles. The number of benzene rings is 1. The van der Waals surface area contributed by atoms with E-state index in [2.05, 4.69) is 4.90 Å². The van der Waals surface area contributed by atoms with E-state index in [-0.39, 0.29) is 17.6 Å². The van der Waals surface area contributed by atoms with Gasteiger partial charge in [-0.1, -0.05) is 18.6 Å². The molecular formula is C23H28FN3O3. The summed E-state index contributed by atoms with van der Waals surface area (Å²) >= 11 is 0. The summed E-state index contributed by atoms with van der Waals surface area (Å²) in [4.78, 5) is 32.0. The fourth-order valence-corrected chi connectivity index (χ4v) is 4.40. The minimum absolute atomic E-state index is 0.0378. The van der Waals surface area contributed by atoms with E-state index in [9.17, 15) is 14.0 Å². The van der Waals surface area contributed by atoms with Gasteiger partial charge in [-0.3, -0.25) is 14.5 Å². The number of piperidine rings is 1. The van der Waals surface area contributed by atoms with Crippen molar-refractivity contribution in [1.29, 1.82) is 0 Å². The molecule has 6 nitrogen and oxygen atoms in total. The summed E-state index contributed by atoms with van der Waals surface area (Å²) in [7, 11) is 0. The summed E-state index contributed by atoms with van der Waals surface area (Å²) < 4.78 is 18.7. The van der Waals surface area contributed by atoms with E-state index in [0.717, 1.165) is 31.5 Å². The van der Waals surface area contributed by atoms with E-state index in [1.54, 1.807) is 29.2 Å². The zero-order valence-electron chi connectivity index (χ0n) is 17.1. The Kier molecular flexibility index (Phi) is 6.47. The lowest BCUT2D eigenvalue weighted by Gasteiger charge is -2.36. The van der Waals surface area contributed by atoms with Crippen molar-refractivity contribution in [3.63, 3.8) is 0 Å². The van der Waals surface area contributed by atoms with Crippen LogP contribution in [0.3, 0.4) is 0 Å². The van der Waals surface area contributed by atoms with Crippen LogP contribution in [0.15, 0.2) is 47.1 Å². The zero-order valence-corrected chi connectivity index (χ0v) is 17.1. The molecule has 2 saturated heterocycles. The standard InChI is InChI=1S/C23H28FN3O3/c24-19-9-7-18(8-10-19)21(25-11-2-1-3-12-25)23(29)27-14-5-13-26(15-16-27)22(28)20-6-4-17-30-20/h4,6-10,17,21H,1-3,5,11-16H2. The van der Waals surface area contributed by atoms with Crippen molar-refractivity contribution in [2.75, 3.05) is 39.3 Å². The van der Waals surface area contributed by atoms with Crippen LogP contribution >= 0.6 is 0 Å². The third-order valence-corrected chi connectivity index (χ3v) is 6.00. The van der Waals surface area contributed by atoms with Gasteiger partial charge in [0.2, 0.25) is 5.91 Å². The van der Waals surface area contributed by atoms with E-state index in [0.29, 0.717) is 38.4 Å². The van der Waals surface area contributed by atoms with Crippen LogP contribution in [0, 0.1) is 5.82 Å². The van der Waals surface area contributed by atoms with Gasteiger partial charge in [0.15, 0.2) is 5.76 Å². The molecule has 2 aliphatic heterocycles. The highest BCUT2D eigenvalue weighted by atomic mass is 19.1. The first-order valence-electron chi connectivity index (χ1n) is 10.7.